The van der Waals surface area contributed by atoms with Crippen molar-refractivity contribution in [1.29, 1.82) is 0 Å². The van der Waals surface area contributed by atoms with E-state index in [1.807, 2.05) is 27.0 Å². The minimum Gasteiger partial charge on any atom is -0.317 e. The quantitative estimate of drug-likeness (QED) is 0.927. The first-order valence-corrected chi connectivity index (χ1v) is 8.55. The number of hydrogen-bond acceptors (Lipinski definition) is 3. The summed E-state index contributed by atoms with van der Waals surface area (Å²) in [5.74, 6) is 0.329. The molecule has 0 aliphatic carbocycles. The lowest BCUT2D eigenvalue weighted by Crippen LogP contribution is -2.49. The maximum atomic E-state index is 12.7. The van der Waals surface area contributed by atoms with Gasteiger partial charge in [0.25, 0.3) is 0 Å². The van der Waals surface area contributed by atoms with E-state index in [-0.39, 0.29) is 0 Å². The second kappa shape index (κ2) is 5.84. The molecule has 0 spiro atoms. The van der Waals surface area contributed by atoms with Crippen LogP contribution in [0, 0.1) is 19.8 Å². The fourth-order valence-electron chi connectivity index (χ4n) is 2.78. The lowest BCUT2D eigenvalue weighted by molar-refractivity contribution is 0.228. The van der Waals surface area contributed by atoms with Gasteiger partial charge in [0.15, 0.2) is 0 Å². The van der Waals surface area contributed by atoms with E-state index in [0.717, 1.165) is 17.5 Å². The molecule has 1 fully saturated rings. The van der Waals surface area contributed by atoms with Crippen LogP contribution in [0.1, 0.15) is 24.5 Å². The number of benzene rings is 1. The third-order valence-corrected chi connectivity index (χ3v) is 6.22. The molecule has 4 nitrogen and oxygen atoms in total. The first-order valence-electron chi connectivity index (χ1n) is 7.11. The predicted molar refractivity (Wildman–Crippen MR) is 81.3 cm³/mol. The molecule has 0 radical (unpaired) electrons. The lowest BCUT2D eigenvalue weighted by Gasteiger charge is -2.36. The normalized spacial score (nSPS) is 24.8. The smallest absolute Gasteiger partial charge is 0.243 e. The summed E-state index contributed by atoms with van der Waals surface area (Å²) in [6.45, 7) is 7.21. The van der Waals surface area contributed by atoms with Gasteiger partial charge in [-0.2, -0.15) is 4.31 Å². The van der Waals surface area contributed by atoms with Crippen molar-refractivity contribution in [2.45, 2.75) is 38.1 Å². The zero-order valence-electron chi connectivity index (χ0n) is 12.7. The Balaban J connectivity index is 2.25. The van der Waals surface area contributed by atoms with E-state index in [9.17, 15) is 8.42 Å². The van der Waals surface area contributed by atoms with Gasteiger partial charge in [-0.3, -0.25) is 0 Å². The lowest BCUT2D eigenvalue weighted by atomic mass is 9.96. The first kappa shape index (κ1) is 15.5. The Labute approximate surface area is 122 Å². The molecule has 2 atom stereocenters. The number of sulfonamides is 1. The average Bonchev–Trinajstić information content (AvgIpc) is 2.41. The van der Waals surface area contributed by atoms with Gasteiger partial charge in [0.1, 0.15) is 0 Å². The van der Waals surface area contributed by atoms with E-state index < -0.39 is 10.0 Å². The van der Waals surface area contributed by atoms with Crippen LogP contribution in [-0.4, -0.2) is 38.9 Å². The summed E-state index contributed by atoms with van der Waals surface area (Å²) < 4.78 is 27.0. The number of nitrogens with zero attached hydrogens (tertiary/aromatic N) is 1. The zero-order chi connectivity index (χ0) is 14.9. The Hall–Kier alpha value is -0.910. The highest BCUT2D eigenvalue weighted by atomic mass is 32.2. The number of nitrogens with one attached hydrogen (secondary N) is 1. The van der Waals surface area contributed by atoms with Crippen LogP contribution in [0.4, 0.5) is 0 Å². The van der Waals surface area contributed by atoms with Crippen LogP contribution in [0.5, 0.6) is 0 Å². The average molecular weight is 296 g/mol. The maximum absolute atomic E-state index is 12.7. The molecule has 1 saturated heterocycles. The molecule has 1 aliphatic rings. The molecule has 0 bridgehead atoms. The summed E-state index contributed by atoms with van der Waals surface area (Å²) in [5, 5.41) is 3.26. The van der Waals surface area contributed by atoms with Gasteiger partial charge in [0.05, 0.1) is 4.90 Å². The van der Waals surface area contributed by atoms with Gasteiger partial charge in [-0.25, -0.2) is 8.42 Å². The third kappa shape index (κ3) is 2.90. The second-order valence-electron chi connectivity index (χ2n) is 5.77. The molecule has 5 heteroatoms. The van der Waals surface area contributed by atoms with Gasteiger partial charge in [-0.05, 0) is 56.5 Å². The van der Waals surface area contributed by atoms with Gasteiger partial charge < -0.3 is 5.32 Å². The van der Waals surface area contributed by atoms with Gasteiger partial charge in [-0.1, -0.05) is 13.0 Å². The van der Waals surface area contributed by atoms with Crippen molar-refractivity contribution in [1.82, 2.24) is 9.62 Å². The highest BCUT2D eigenvalue weighted by Gasteiger charge is 2.32. The van der Waals surface area contributed by atoms with Crippen LogP contribution in [0.2, 0.25) is 0 Å². The summed E-state index contributed by atoms with van der Waals surface area (Å²) in [6.07, 6.45) is 0.863. The molecule has 1 aromatic carbocycles. The van der Waals surface area contributed by atoms with Gasteiger partial charge in [-0.15, -0.1) is 0 Å². The zero-order valence-corrected chi connectivity index (χ0v) is 13.5. The molecule has 20 heavy (non-hydrogen) atoms. The van der Waals surface area contributed by atoms with Crippen LogP contribution in [-0.2, 0) is 10.0 Å². The molecule has 1 aromatic rings. The third-order valence-electron chi connectivity index (χ3n) is 4.35. The summed E-state index contributed by atoms with van der Waals surface area (Å²) in [5.41, 5.74) is 2.13. The Bertz CT molecular complexity index is 584. The molecule has 1 aliphatic heterocycles. The first-order chi connectivity index (χ1) is 9.36. The Morgan fingerprint density at radius 2 is 1.95 bits per heavy atom. The minimum absolute atomic E-state index is 0.329. The Morgan fingerprint density at radius 1 is 1.25 bits per heavy atom. The monoisotopic (exact) mass is 296 g/mol. The molecular weight excluding hydrogens is 272 g/mol. The van der Waals surface area contributed by atoms with E-state index in [2.05, 4.69) is 12.2 Å². The van der Waals surface area contributed by atoms with Gasteiger partial charge in [0, 0.05) is 19.1 Å². The molecule has 2 rings (SSSR count). The second-order valence-corrected chi connectivity index (χ2v) is 7.71. The topological polar surface area (TPSA) is 49.4 Å². The summed E-state index contributed by atoms with van der Waals surface area (Å²) in [4.78, 5) is 0.413. The summed E-state index contributed by atoms with van der Waals surface area (Å²) in [6, 6.07) is 5.78. The van der Waals surface area contributed by atoms with Gasteiger partial charge >= 0.3 is 0 Å². The largest absolute Gasteiger partial charge is 0.317 e. The highest BCUT2D eigenvalue weighted by molar-refractivity contribution is 7.89. The van der Waals surface area contributed by atoms with Crippen LogP contribution in [0.3, 0.4) is 0 Å². The van der Waals surface area contributed by atoms with Crippen molar-refractivity contribution < 1.29 is 8.42 Å². The predicted octanol–water partition coefficient (Wildman–Crippen LogP) is 1.92. The molecule has 1 N–H and O–H groups in total. The van der Waals surface area contributed by atoms with E-state index in [0.29, 0.717) is 29.9 Å². The van der Waals surface area contributed by atoms with Crippen LogP contribution >= 0.6 is 0 Å². The van der Waals surface area contributed by atoms with Crippen molar-refractivity contribution in [3.05, 3.63) is 29.3 Å². The summed E-state index contributed by atoms with van der Waals surface area (Å²) >= 11 is 0. The van der Waals surface area contributed by atoms with Crippen molar-refractivity contribution in [2.75, 3.05) is 20.1 Å². The molecular formula is C15H24N2O2S. The van der Waals surface area contributed by atoms with E-state index in [4.69, 9.17) is 0 Å². The minimum atomic E-state index is -3.36. The molecule has 2 unspecified atom stereocenters. The number of rotatable bonds is 3. The standard InChI is InChI=1S/C15H24N2O2S/c1-11-5-6-14(9-12(11)2)20(18,19)17-8-7-15(16-4)13(3)10-17/h5-6,9,13,15-16H,7-8,10H2,1-4H3. The highest BCUT2D eigenvalue weighted by Crippen LogP contribution is 2.24. The Morgan fingerprint density at radius 3 is 2.50 bits per heavy atom. The van der Waals surface area contributed by atoms with Crippen molar-refractivity contribution in [2.24, 2.45) is 5.92 Å². The molecule has 0 saturated carbocycles. The molecule has 0 amide bonds. The number of hydrogen-bond donors (Lipinski definition) is 1. The molecule has 0 aromatic heterocycles. The number of aryl methyl sites for hydroxylation is 2. The molecule has 1 heterocycles. The number of piperidine rings is 1. The van der Waals surface area contributed by atoms with Crippen LogP contribution < -0.4 is 5.32 Å². The van der Waals surface area contributed by atoms with Crippen LogP contribution in [0.25, 0.3) is 0 Å². The van der Waals surface area contributed by atoms with E-state index in [1.165, 1.54) is 0 Å². The van der Waals surface area contributed by atoms with Gasteiger partial charge in [0.2, 0.25) is 10.0 Å². The Kier molecular flexibility index (Phi) is 4.52. The van der Waals surface area contributed by atoms with E-state index in [1.54, 1.807) is 16.4 Å². The molecule has 112 valence electrons. The van der Waals surface area contributed by atoms with Crippen molar-refractivity contribution in [3.8, 4) is 0 Å². The van der Waals surface area contributed by atoms with Crippen molar-refractivity contribution >= 4 is 10.0 Å². The SMILES string of the molecule is CNC1CCN(S(=O)(=O)c2ccc(C)c(C)c2)CC1C. The van der Waals surface area contributed by atoms with E-state index >= 15 is 0 Å². The fraction of sp³-hybridized carbons (Fsp3) is 0.600. The van der Waals surface area contributed by atoms with Crippen molar-refractivity contribution in [3.63, 3.8) is 0 Å². The van der Waals surface area contributed by atoms with Crippen LogP contribution in [0.15, 0.2) is 23.1 Å². The summed E-state index contributed by atoms with van der Waals surface area (Å²) in [7, 11) is -1.42. The maximum Gasteiger partial charge on any atom is 0.243 e. The fourth-order valence-corrected chi connectivity index (χ4v) is 4.42.